The third-order valence-corrected chi connectivity index (χ3v) is 5.15. The first-order valence-electron chi connectivity index (χ1n) is 10.9. The van der Waals surface area contributed by atoms with Crippen molar-refractivity contribution in [3.8, 4) is 45.6 Å². The fourth-order valence-corrected chi connectivity index (χ4v) is 3.73. The van der Waals surface area contributed by atoms with Gasteiger partial charge in [-0.05, 0) is 50.2 Å². The minimum absolute atomic E-state index is 0.362. The van der Waals surface area contributed by atoms with Crippen LogP contribution in [0.1, 0.15) is 25.0 Å². The maximum absolute atomic E-state index is 6.47. The van der Waals surface area contributed by atoms with E-state index in [1.165, 1.54) is 0 Å². The molecule has 7 nitrogen and oxygen atoms in total. The van der Waals surface area contributed by atoms with E-state index in [0.717, 1.165) is 22.3 Å². The predicted octanol–water partition coefficient (Wildman–Crippen LogP) is 5.72. The molecule has 1 aromatic heterocycles. The lowest BCUT2D eigenvalue weighted by Crippen LogP contribution is -1.98. The molecule has 33 heavy (non-hydrogen) atoms. The molecule has 0 aliphatic carbocycles. The van der Waals surface area contributed by atoms with Crippen molar-refractivity contribution in [2.24, 2.45) is 0 Å². The lowest BCUT2D eigenvalue weighted by molar-refractivity contribution is 0.169. The Hall–Kier alpha value is -3.16. The van der Waals surface area contributed by atoms with Gasteiger partial charge in [-0.15, -0.1) is 0 Å². The highest BCUT2D eigenvalue weighted by Crippen LogP contribution is 2.42. The van der Waals surface area contributed by atoms with Gasteiger partial charge in [-0.2, -0.15) is 0 Å². The van der Waals surface area contributed by atoms with Gasteiger partial charge in [-0.3, -0.25) is 0 Å². The summed E-state index contributed by atoms with van der Waals surface area (Å²) in [7, 11) is 6.55. The number of hydrogen-bond donors (Lipinski definition) is 0. The van der Waals surface area contributed by atoms with E-state index < -0.39 is 0 Å². The number of benzene rings is 2. The van der Waals surface area contributed by atoms with E-state index in [-0.39, 0.29) is 0 Å². The Labute approximate surface area is 195 Å². The molecule has 3 aromatic rings. The Morgan fingerprint density at radius 3 is 1.36 bits per heavy atom. The van der Waals surface area contributed by atoms with Gasteiger partial charge in [-0.25, -0.2) is 0 Å². The molecule has 0 aliphatic heterocycles. The summed E-state index contributed by atoms with van der Waals surface area (Å²) in [6, 6.07) is 11.5. The molecule has 3 rings (SSSR count). The van der Waals surface area contributed by atoms with Gasteiger partial charge in [0.25, 0.3) is 0 Å². The summed E-state index contributed by atoms with van der Waals surface area (Å²) in [6.07, 6.45) is 0. The molecule has 0 radical (unpaired) electrons. The van der Waals surface area contributed by atoms with Crippen molar-refractivity contribution in [2.75, 3.05) is 41.7 Å². The van der Waals surface area contributed by atoms with E-state index in [4.69, 9.17) is 32.8 Å². The third kappa shape index (κ3) is 5.26. The first-order valence-corrected chi connectivity index (χ1v) is 10.9. The number of methoxy groups -OCH3 is 4. The summed E-state index contributed by atoms with van der Waals surface area (Å²) in [5.74, 6) is 3.99. The zero-order valence-electron chi connectivity index (χ0n) is 20.2. The van der Waals surface area contributed by atoms with E-state index >= 15 is 0 Å². The van der Waals surface area contributed by atoms with Gasteiger partial charge in [-0.1, -0.05) is 0 Å². The van der Waals surface area contributed by atoms with Crippen LogP contribution < -0.4 is 18.9 Å². The van der Waals surface area contributed by atoms with Gasteiger partial charge in [0.2, 0.25) is 0 Å². The van der Waals surface area contributed by atoms with Crippen molar-refractivity contribution in [1.29, 1.82) is 0 Å². The van der Waals surface area contributed by atoms with E-state index in [9.17, 15) is 0 Å². The number of rotatable bonds is 12. The van der Waals surface area contributed by atoms with Crippen molar-refractivity contribution in [3.05, 3.63) is 47.5 Å². The van der Waals surface area contributed by atoms with Crippen molar-refractivity contribution < 1.29 is 32.8 Å². The summed E-state index contributed by atoms with van der Waals surface area (Å²) >= 11 is 0. The van der Waals surface area contributed by atoms with Crippen molar-refractivity contribution in [3.63, 3.8) is 0 Å². The smallest absolute Gasteiger partial charge is 0.161 e. The monoisotopic (exact) mass is 456 g/mol. The highest BCUT2D eigenvalue weighted by molar-refractivity contribution is 5.75. The summed E-state index contributed by atoms with van der Waals surface area (Å²) in [4.78, 5) is 0. The molecule has 0 aliphatic rings. The van der Waals surface area contributed by atoms with Gasteiger partial charge < -0.3 is 32.8 Å². The second-order valence-corrected chi connectivity index (χ2v) is 7.18. The predicted molar refractivity (Wildman–Crippen MR) is 126 cm³/mol. The van der Waals surface area contributed by atoms with Crippen LogP contribution in [0.25, 0.3) is 22.6 Å². The van der Waals surface area contributed by atoms with Gasteiger partial charge in [0.05, 0.1) is 40.6 Å². The van der Waals surface area contributed by atoms with E-state index in [2.05, 4.69) is 0 Å². The lowest BCUT2D eigenvalue weighted by atomic mass is 10.0. The van der Waals surface area contributed by atoms with Crippen molar-refractivity contribution in [2.45, 2.75) is 27.1 Å². The zero-order chi connectivity index (χ0) is 23.8. The van der Waals surface area contributed by atoms with Crippen LogP contribution >= 0.6 is 0 Å². The Morgan fingerprint density at radius 1 is 0.606 bits per heavy atom. The first-order chi connectivity index (χ1) is 16.1. The molecule has 0 atom stereocenters. The van der Waals surface area contributed by atoms with Gasteiger partial charge in [0.1, 0.15) is 11.5 Å². The maximum Gasteiger partial charge on any atom is 0.161 e. The fourth-order valence-electron chi connectivity index (χ4n) is 3.73. The fraction of sp³-hybridized carbons (Fsp3) is 0.385. The van der Waals surface area contributed by atoms with Crippen molar-refractivity contribution in [1.82, 2.24) is 0 Å². The quantitative estimate of drug-likeness (QED) is 0.345. The van der Waals surface area contributed by atoms with E-state index in [1.54, 1.807) is 28.4 Å². The van der Waals surface area contributed by atoms with Crippen LogP contribution in [-0.4, -0.2) is 41.7 Å². The average molecular weight is 457 g/mol. The number of hydrogen-bond acceptors (Lipinski definition) is 7. The van der Waals surface area contributed by atoms with Crippen LogP contribution in [0.15, 0.2) is 40.8 Å². The molecule has 0 saturated carbocycles. The minimum atomic E-state index is 0.362. The van der Waals surface area contributed by atoms with E-state index in [0.29, 0.717) is 60.9 Å². The largest absolute Gasteiger partial charge is 0.493 e. The normalized spacial score (nSPS) is 10.8. The lowest BCUT2D eigenvalue weighted by Gasteiger charge is -2.11. The Bertz CT molecular complexity index is 973. The van der Waals surface area contributed by atoms with Gasteiger partial charge in [0, 0.05) is 36.5 Å². The molecule has 0 saturated heterocycles. The minimum Gasteiger partial charge on any atom is -0.493 e. The molecule has 0 unspecified atom stereocenters. The molecule has 0 fully saturated rings. The highest BCUT2D eigenvalue weighted by Gasteiger charge is 2.24. The van der Waals surface area contributed by atoms with Gasteiger partial charge >= 0.3 is 0 Å². The topological polar surface area (TPSA) is 68.5 Å². The van der Waals surface area contributed by atoms with E-state index in [1.807, 2.05) is 50.2 Å². The number of ether oxygens (including phenoxy) is 6. The van der Waals surface area contributed by atoms with Crippen LogP contribution in [0.2, 0.25) is 0 Å². The second kappa shape index (κ2) is 11.6. The first kappa shape index (κ1) is 24.5. The van der Waals surface area contributed by atoms with Crippen LogP contribution in [0, 0.1) is 0 Å². The molecule has 0 N–H and O–H groups in total. The average Bonchev–Trinajstić information content (AvgIpc) is 3.18. The van der Waals surface area contributed by atoms with Crippen molar-refractivity contribution >= 4 is 0 Å². The molecular weight excluding hydrogens is 424 g/mol. The molecule has 0 amide bonds. The van der Waals surface area contributed by atoms with Crippen LogP contribution in [0.5, 0.6) is 23.0 Å². The maximum atomic E-state index is 6.47. The highest BCUT2D eigenvalue weighted by atomic mass is 16.5. The zero-order valence-corrected chi connectivity index (χ0v) is 20.2. The summed E-state index contributed by atoms with van der Waals surface area (Å²) < 4.78 is 39.9. The molecule has 0 bridgehead atoms. The Morgan fingerprint density at radius 2 is 1.03 bits per heavy atom. The standard InChI is InChI=1S/C26H32O7/c1-7-31-21-11-9-17(13-23(21)29-5)25-19(15-27-3)20(16-28-4)26(33-25)18-10-12-22(32-8-2)24(14-18)30-6/h9-14H,7-8,15-16H2,1-6H3. The molecular formula is C26H32O7. The Balaban J connectivity index is 2.18. The molecule has 2 aromatic carbocycles. The molecule has 7 heteroatoms. The van der Waals surface area contributed by atoms with Gasteiger partial charge in [0.15, 0.2) is 23.0 Å². The molecule has 0 spiro atoms. The number of furan rings is 1. The van der Waals surface area contributed by atoms with Crippen LogP contribution in [0.4, 0.5) is 0 Å². The Kier molecular flexibility index (Phi) is 8.63. The van der Waals surface area contributed by atoms with Crippen LogP contribution in [-0.2, 0) is 22.7 Å². The summed E-state index contributed by atoms with van der Waals surface area (Å²) in [5.41, 5.74) is 3.52. The second-order valence-electron chi connectivity index (χ2n) is 7.18. The SMILES string of the molecule is CCOc1ccc(-c2oc(-c3ccc(OCC)c(OC)c3)c(COC)c2COC)cc1OC. The summed E-state index contributed by atoms with van der Waals surface area (Å²) in [5, 5.41) is 0. The molecule has 1 heterocycles. The van der Waals surface area contributed by atoms with Crippen LogP contribution in [0.3, 0.4) is 0 Å². The third-order valence-electron chi connectivity index (χ3n) is 5.15. The summed E-state index contributed by atoms with van der Waals surface area (Å²) in [6.45, 7) is 5.69. The molecule has 178 valence electrons.